The van der Waals surface area contributed by atoms with Crippen LogP contribution in [0, 0.1) is 0 Å². The summed E-state index contributed by atoms with van der Waals surface area (Å²) < 4.78 is 0. The molecule has 4 heteroatoms. The van der Waals surface area contributed by atoms with Crippen LogP contribution in [-0.2, 0) is 0 Å². The molecule has 0 aromatic heterocycles. The van der Waals surface area contributed by atoms with Crippen LogP contribution in [0.4, 0.5) is 0 Å². The van der Waals surface area contributed by atoms with Gasteiger partial charge in [-0.05, 0) is 0 Å². The first-order valence-electron chi connectivity index (χ1n) is 2.34. The van der Waals surface area contributed by atoms with Gasteiger partial charge in [0.25, 0.3) is 0 Å². The molecular formula is C4H11KNO2. The molecule has 0 aromatic carbocycles. The van der Waals surface area contributed by atoms with Gasteiger partial charge in [-0.15, -0.1) is 0 Å². The van der Waals surface area contributed by atoms with Crippen molar-refractivity contribution in [3.8, 4) is 0 Å². The van der Waals surface area contributed by atoms with Crippen LogP contribution in [-0.4, -0.2) is 87.9 Å². The molecule has 0 fully saturated rings. The van der Waals surface area contributed by atoms with E-state index < -0.39 is 0 Å². The van der Waals surface area contributed by atoms with Gasteiger partial charge in [0.2, 0.25) is 0 Å². The molecule has 0 saturated carbocycles. The molecule has 0 saturated heterocycles. The maximum absolute atomic E-state index is 8.15. The molecule has 0 heterocycles. The minimum absolute atomic E-state index is 0. The summed E-state index contributed by atoms with van der Waals surface area (Å²) in [4.78, 5) is 0. The molecule has 3 N–H and O–H groups in total. The third kappa shape index (κ3) is 10.5. The minimum atomic E-state index is 0. The van der Waals surface area contributed by atoms with E-state index in [1.165, 1.54) is 0 Å². The molecule has 0 rings (SSSR count). The maximum atomic E-state index is 8.15. The molecule has 0 aliphatic heterocycles. The smallest absolute Gasteiger partial charge is 0.0555 e. The normalized spacial score (nSPS) is 8.25. The number of rotatable bonds is 4. The largest absolute Gasteiger partial charge is 0.395 e. The van der Waals surface area contributed by atoms with E-state index in [2.05, 4.69) is 5.32 Å². The van der Waals surface area contributed by atoms with Crippen molar-refractivity contribution < 1.29 is 10.2 Å². The molecule has 0 amide bonds. The number of hydrogen-bond acceptors (Lipinski definition) is 3. The van der Waals surface area contributed by atoms with E-state index in [1.807, 2.05) is 0 Å². The van der Waals surface area contributed by atoms with Crippen molar-refractivity contribution in [2.45, 2.75) is 0 Å². The fourth-order valence-electron chi connectivity index (χ4n) is 0.283. The Morgan fingerprint density at radius 1 is 1.00 bits per heavy atom. The summed E-state index contributed by atoms with van der Waals surface area (Å²) >= 11 is 0. The fraction of sp³-hybridized carbons (Fsp3) is 1.00. The molecule has 0 aromatic rings. The molecule has 0 bridgehead atoms. The molecule has 0 aliphatic carbocycles. The number of hydrogen-bond donors (Lipinski definition) is 3. The van der Waals surface area contributed by atoms with E-state index in [-0.39, 0.29) is 64.6 Å². The summed E-state index contributed by atoms with van der Waals surface area (Å²) in [5, 5.41) is 19.1. The van der Waals surface area contributed by atoms with E-state index >= 15 is 0 Å². The number of nitrogens with one attached hydrogen (secondary N) is 1. The third-order valence-electron chi connectivity index (χ3n) is 0.577. The van der Waals surface area contributed by atoms with Crippen molar-refractivity contribution in [3.05, 3.63) is 0 Å². The van der Waals surface area contributed by atoms with E-state index in [0.29, 0.717) is 13.1 Å². The van der Waals surface area contributed by atoms with Crippen LogP contribution >= 0.6 is 0 Å². The Morgan fingerprint density at radius 3 is 1.62 bits per heavy atom. The Labute approximate surface area is 91.9 Å². The van der Waals surface area contributed by atoms with Gasteiger partial charge in [-0.3, -0.25) is 0 Å². The average Bonchev–Trinajstić information content (AvgIpc) is 1.69. The van der Waals surface area contributed by atoms with Crippen LogP contribution < -0.4 is 5.32 Å². The van der Waals surface area contributed by atoms with Crippen LogP contribution in [0.15, 0.2) is 0 Å². The van der Waals surface area contributed by atoms with E-state index in [4.69, 9.17) is 10.2 Å². The second-order valence-electron chi connectivity index (χ2n) is 1.20. The van der Waals surface area contributed by atoms with Gasteiger partial charge in [-0.2, -0.15) is 0 Å². The van der Waals surface area contributed by atoms with Gasteiger partial charge in [-0.1, -0.05) is 0 Å². The van der Waals surface area contributed by atoms with Crippen molar-refractivity contribution >= 4 is 51.4 Å². The predicted molar refractivity (Wildman–Crippen MR) is 32.8 cm³/mol. The van der Waals surface area contributed by atoms with Gasteiger partial charge >= 0.3 is 0 Å². The van der Waals surface area contributed by atoms with Gasteiger partial charge in [-0.25, -0.2) is 0 Å². The molecule has 8 heavy (non-hydrogen) atoms. The molecule has 3 nitrogen and oxygen atoms in total. The van der Waals surface area contributed by atoms with Crippen LogP contribution in [0.25, 0.3) is 0 Å². The average molecular weight is 144 g/mol. The molecule has 0 unspecified atom stereocenters. The van der Waals surface area contributed by atoms with Crippen molar-refractivity contribution in [1.29, 1.82) is 0 Å². The molecule has 0 aliphatic rings. The predicted octanol–water partition coefficient (Wildman–Crippen LogP) is -1.82. The van der Waals surface area contributed by atoms with Gasteiger partial charge < -0.3 is 15.5 Å². The maximum Gasteiger partial charge on any atom is 0.0555 e. The molecule has 0 spiro atoms. The zero-order valence-corrected chi connectivity index (χ0v) is 8.35. The van der Waals surface area contributed by atoms with Crippen LogP contribution in [0.2, 0.25) is 0 Å². The van der Waals surface area contributed by atoms with Gasteiger partial charge in [0, 0.05) is 64.5 Å². The van der Waals surface area contributed by atoms with Gasteiger partial charge in [0.1, 0.15) is 0 Å². The fourth-order valence-corrected chi connectivity index (χ4v) is 0.283. The van der Waals surface area contributed by atoms with Crippen molar-refractivity contribution in [3.63, 3.8) is 0 Å². The Balaban J connectivity index is 0. The SMILES string of the molecule is OCCNCCO.[K]. The van der Waals surface area contributed by atoms with Crippen molar-refractivity contribution in [1.82, 2.24) is 5.32 Å². The summed E-state index contributed by atoms with van der Waals surface area (Å²) in [6, 6.07) is 0. The second kappa shape index (κ2) is 11.3. The van der Waals surface area contributed by atoms with E-state index in [0.717, 1.165) is 0 Å². The molecule has 0 atom stereocenters. The first-order chi connectivity index (χ1) is 3.41. The summed E-state index contributed by atoms with van der Waals surface area (Å²) in [5.41, 5.74) is 0. The Kier molecular flexibility index (Phi) is 17.3. The van der Waals surface area contributed by atoms with Crippen LogP contribution in [0.3, 0.4) is 0 Å². The van der Waals surface area contributed by atoms with Crippen LogP contribution in [0.1, 0.15) is 0 Å². The Bertz CT molecular complexity index is 33.2. The summed E-state index contributed by atoms with van der Waals surface area (Å²) in [5.74, 6) is 0. The first-order valence-corrected chi connectivity index (χ1v) is 2.34. The minimum Gasteiger partial charge on any atom is -0.395 e. The Morgan fingerprint density at radius 2 is 1.38 bits per heavy atom. The summed E-state index contributed by atoms with van der Waals surface area (Å²) in [7, 11) is 0. The zero-order chi connectivity index (χ0) is 5.54. The third-order valence-corrected chi connectivity index (χ3v) is 0.577. The number of aliphatic hydroxyl groups excluding tert-OH is 2. The Hall–Kier alpha value is 1.52. The summed E-state index contributed by atoms with van der Waals surface area (Å²) in [6.07, 6.45) is 0. The first kappa shape index (κ1) is 12.2. The molecular weight excluding hydrogens is 133 g/mol. The quantitative estimate of drug-likeness (QED) is 0.322. The van der Waals surface area contributed by atoms with E-state index in [1.54, 1.807) is 0 Å². The van der Waals surface area contributed by atoms with Crippen LogP contribution in [0.5, 0.6) is 0 Å². The second-order valence-corrected chi connectivity index (χ2v) is 1.20. The molecule has 1 radical (unpaired) electrons. The van der Waals surface area contributed by atoms with E-state index in [9.17, 15) is 0 Å². The topological polar surface area (TPSA) is 52.5 Å². The monoisotopic (exact) mass is 144 g/mol. The standard InChI is InChI=1S/C4H11NO2.K/c6-3-1-5-2-4-7;/h5-7H,1-4H2;. The number of aliphatic hydroxyl groups is 2. The van der Waals surface area contributed by atoms with Gasteiger partial charge in [0.05, 0.1) is 13.2 Å². The van der Waals surface area contributed by atoms with Crippen molar-refractivity contribution in [2.75, 3.05) is 26.3 Å². The summed E-state index contributed by atoms with van der Waals surface area (Å²) in [6.45, 7) is 1.42. The van der Waals surface area contributed by atoms with Gasteiger partial charge in [0.15, 0.2) is 0 Å². The molecule has 45 valence electrons. The zero-order valence-electron chi connectivity index (χ0n) is 5.22. The van der Waals surface area contributed by atoms with Crippen molar-refractivity contribution in [2.24, 2.45) is 0 Å².